The van der Waals surface area contributed by atoms with Crippen molar-refractivity contribution in [2.75, 3.05) is 0 Å². The van der Waals surface area contributed by atoms with Crippen LogP contribution in [-0.2, 0) is 13.1 Å². The molecule has 0 atom stereocenters. The molecule has 18 heavy (non-hydrogen) atoms. The predicted molar refractivity (Wildman–Crippen MR) is 73.5 cm³/mol. The molecule has 1 heterocycles. The molecule has 1 aromatic carbocycles. The smallest absolute Gasteiger partial charge is 0.104 e. The quantitative estimate of drug-likeness (QED) is 0.814. The number of hydrogen-bond acceptors (Lipinski definition) is 3. The van der Waals surface area contributed by atoms with Crippen molar-refractivity contribution in [1.29, 1.82) is 0 Å². The highest BCUT2D eigenvalue weighted by Crippen LogP contribution is 2.11. The van der Waals surface area contributed by atoms with Crippen LogP contribution in [0.5, 0.6) is 0 Å². The largest absolute Gasteiger partial charge is 0.325 e. The maximum Gasteiger partial charge on any atom is 0.104 e. The molecule has 2 N–H and O–H groups in total. The first-order valence-electron chi connectivity index (χ1n) is 5.81. The number of allylic oxidation sites excluding steroid dienone is 1. The van der Waals surface area contributed by atoms with Crippen LogP contribution in [0.15, 0.2) is 43.0 Å². The van der Waals surface area contributed by atoms with Crippen molar-refractivity contribution in [1.82, 2.24) is 15.0 Å². The Kier molecular flexibility index (Phi) is 4.04. The number of nitrogens with zero attached hydrogens (tertiary/aromatic N) is 3. The molecule has 1 aromatic heterocycles. The van der Waals surface area contributed by atoms with Gasteiger partial charge in [-0.05, 0) is 11.6 Å². The number of nitrogens with two attached hydrogens (primary N) is 1. The Morgan fingerprint density at radius 3 is 2.67 bits per heavy atom. The zero-order chi connectivity index (χ0) is 12.8. The van der Waals surface area contributed by atoms with Crippen LogP contribution in [0.2, 0.25) is 0 Å². The van der Waals surface area contributed by atoms with E-state index >= 15 is 0 Å². The summed E-state index contributed by atoms with van der Waals surface area (Å²) in [4.78, 5) is 0. The molecule has 0 bridgehead atoms. The summed E-state index contributed by atoms with van der Waals surface area (Å²) in [5.74, 6) is 0. The molecule has 0 spiro atoms. The first-order chi connectivity index (χ1) is 8.85. The third-order valence-corrected chi connectivity index (χ3v) is 2.58. The van der Waals surface area contributed by atoms with Crippen LogP contribution in [0, 0.1) is 0 Å². The van der Waals surface area contributed by atoms with Crippen LogP contribution in [0.25, 0.3) is 12.2 Å². The second kappa shape index (κ2) is 5.93. The Morgan fingerprint density at radius 2 is 2.00 bits per heavy atom. The molecule has 4 heteroatoms. The van der Waals surface area contributed by atoms with Gasteiger partial charge in [0, 0.05) is 6.54 Å². The van der Waals surface area contributed by atoms with Gasteiger partial charge in [0.15, 0.2) is 0 Å². The van der Waals surface area contributed by atoms with Crippen LogP contribution in [0.1, 0.15) is 17.0 Å². The van der Waals surface area contributed by atoms with Gasteiger partial charge in [-0.15, -0.1) is 11.7 Å². The van der Waals surface area contributed by atoms with Crippen LogP contribution in [-0.4, -0.2) is 15.0 Å². The van der Waals surface area contributed by atoms with Gasteiger partial charge in [-0.25, -0.2) is 4.68 Å². The molecule has 92 valence electrons. The average molecular weight is 240 g/mol. The van der Waals surface area contributed by atoms with Gasteiger partial charge < -0.3 is 5.73 Å². The number of rotatable bonds is 5. The van der Waals surface area contributed by atoms with E-state index in [-0.39, 0.29) is 0 Å². The Bertz CT molecular complexity index is 540. The molecule has 0 radical (unpaired) electrons. The monoisotopic (exact) mass is 240 g/mol. The van der Waals surface area contributed by atoms with Gasteiger partial charge >= 0.3 is 0 Å². The van der Waals surface area contributed by atoms with Gasteiger partial charge in [0.05, 0.1) is 12.2 Å². The van der Waals surface area contributed by atoms with Crippen LogP contribution >= 0.6 is 0 Å². The first-order valence-corrected chi connectivity index (χ1v) is 5.81. The molecule has 0 fully saturated rings. The molecule has 2 rings (SSSR count). The van der Waals surface area contributed by atoms with E-state index in [0.717, 1.165) is 17.0 Å². The van der Waals surface area contributed by atoms with Gasteiger partial charge in [0.25, 0.3) is 0 Å². The van der Waals surface area contributed by atoms with Crippen molar-refractivity contribution in [2.45, 2.75) is 13.1 Å². The fourth-order valence-electron chi connectivity index (χ4n) is 1.68. The van der Waals surface area contributed by atoms with Crippen molar-refractivity contribution in [3.8, 4) is 0 Å². The number of hydrogen-bond donors (Lipinski definition) is 1. The maximum atomic E-state index is 5.65. The molecular formula is C14H16N4. The zero-order valence-electron chi connectivity index (χ0n) is 10.2. The highest BCUT2D eigenvalue weighted by Gasteiger charge is 2.07. The molecule has 0 saturated heterocycles. The van der Waals surface area contributed by atoms with E-state index in [9.17, 15) is 0 Å². The standard InChI is InChI=1S/C14H16N4/c1-2-10-18-14(13(11-15)16-17-18)9-8-12-6-4-3-5-7-12/h2-9H,1,10-11,15H2/b9-8+. The fourth-order valence-corrected chi connectivity index (χ4v) is 1.68. The second-order valence-electron chi connectivity index (χ2n) is 3.84. The van der Waals surface area contributed by atoms with Crippen LogP contribution < -0.4 is 5.73 Å². The molecule has 0 amide bonds. The lowest BCUT2D eigenvalue weighted by atomic mass is 10.2. The van der Waals surface area contributed by atoms with Crippen molar-refractivity contribution < 1.29 is 0 Å². The van der Waals surface area contributed by atoms with E-state index in [1.165, 1.54) is 0 Å². The molecule has 2 aromatic rings. The minimum atomic E-state index is 0.381. The minimum absolute atomic E-state index is 0.381. The summed E-state index contributed by atoms with van der Waals surface area (Å²) in [6.07, 6.45) is 5.80. The van der Waals surface area contributed by atoms with E-state index in [1.54, 1.807) is 10.8 Å². The Labute approximate surface area is 106 Å². The first kappa shape index (κ1) is 12.3. The Morgan fingerprint density at radius 1 is 1.22 bits per heavy atom. The average Bonchev–Trinajstić information content (AvgIpc) is 2.80. The van der Waals surface area contributed by atoms with Crippen molar-refractivity contribution in [2.24, 2.45) is 5.73 Å². The zero-order valence-corrected chi connectivity index (χ0v) is 10.2. The molecule has 4 nitrogen and oxygen atoms in total. The third kappa shape index (κ3) is 2.73. The number of aromatic nitrogens is 3. The normalized spacial score (nSPS) is 10.9. The van der Waals surface area contributed by atoms with Crippen molar-refractivity contribution in [3.63, 3.8) is 0 Å². The van der Waals surface area contributed by atoms with Crippen LogP contribution in [0.4, 0.5) is 0 Å². The molecule has 0 unspecified atom stereocenters. The molecule has 0 saturated carbocycles. The third-order valence-electron chi connectivity index (χ3n) is 2.58. The summed E-state index contributed by atoms with van der Waals surface area (Å²) in [7, 11) is 0. The van der Waals surface area contributed by atoms with Gasteiger partial charge in [0.1, 0.15) is 5.69 Å². The highest BCUT2D eigenvalue weighted by molar-refractivity contribution is 5.68. The van der Waals surface area contributed by atoms with Gasteiger partial charge in [-0.3, -0.25) is 0 Å². The molecular weight excluding hydrogens is 224 g/mol. The SMILES string of the molecule is C=CCn1nnc(CN)c1/C=C/c1ccccc1. The lowest BCUT2D eigenvalue weighted by molar-refractivity contribution is 0.657. The fraction of sp³-hybridized carbons (Fsp3) is 0.143. The molecule has 0 aliphatic heterocycles. The Balaban J connectivity index is 2.29. The van der Waals surface area contributed by atoms with E-state index in [0.29, 0.717) is 13.1 Å². The van der Waals surface area contributed by atoms with Gasteiger partial charge in [0.2, 0.25) is 0 Å². The van der Waals surface area contributed by atoms with Crippen LogP contribution in [0.3, 0.4) is 0 Å². The van der Waals surface area contributed by atoms with E-state index < -0.39 is 0 Å². The Hall–Kier alpha value is -2.20. The minimum Gasteiger partial charge on any atom is -0.325 e. The maximum absolute atomic E-state index is 5.65. The molecule has 0 aliphatic carbocycles. The van der Waals surface area contributed by atoms with Crippen molar-refractivity contribution >= 4 is 12.2 Å². The van der Waals surface area contributed by atoms with E-state index in [1.807, 2.05) is 42.5 Å². The lowest BCUT2D eigenvalue weighted by Crippen LogP contribution is -2.03. The summed E-state index contributed by atoms with van der Waals surface area (Å²) in [5.41, 5.74) is 8.51. The summed E-state index contributed by atoms with van der Waals surface area (Å²) < 4.78 is 1.79. The summed E-state index contributed by atoms with van der Waals surface area (Å²) >= 11 is 0. The molecule has 0 aliphatic rings. The second-order valence-corrected chi connectivity index (χ2v) is 3.84. The highest BCUT2D eigenvalue weighted by atomic mass is 15.4. The van der Waals surface area contributed by atoms with Gasteiger partial charge in [-0.2, -0.15) is 0 Å². The van der Waals surface area contributed by atoms with E-state index in [4.69, 9.17) is 5.73 Å². The topological polar surface area (TPSA) is 56.7 Å². The van der Waals surface area contributed by atoms with Crippen molar-refractivity contribution in [3.05, 3.63) is 59.9 Å². The lowest BCUT2D eigenvalue weighted by Gasteiger charge is -2.00. The number of benzene rings is 1. The van der Waals surface area contributed by atoms with E-state index in [2.05, 4.69) is 16.9 Å². The summed E-state index contributed by atoms with van der Waals surface area (Å²) in [6.45, 7) is 4.71. The summed E-state index contributed by atoms with van der Waals surface area (Å²) in [5, 5.41) is 8.11. The van der Waals surface area contributed by atoms with Gasteiger partial charge in [-0.1, -0.05) is 47.7 Å². The predicted octanol–water partition coefficient (Wildman–Crippen LogP) is 2.09. The summed E-state index contributed by atoms with van der Waals surface area (Å²) in [6, 6.07) is 10.1.